The minimum atomic E-state index is -4.80. The molecule has 0 aliphatic carbocycles. The van der Waals surface area contributed by atoms with Crippen LogP contribution in [0.4, 0.5) is 13.2 Å². The number of aliphatic hydroxyl groups is 1. The van der Waals surface area contributed by atoms with E-state index in [1.807, 2.05) is 0 Å². The van der Waals surface area contributed by atoms with E-state index >= 15 is 0 Å². The lowest BCUT2D eigenvalue weighted by molar-refractivity contribution is -0.203. The molecule has 0 aromatic carbocycles. The largest absolute Gasteiger partial charge is 0.459 e. The molecular formula is C12H23F3N2O4S. The van der Waals surface area contributed by atoms with Gasteiger partial charge in [-0.25, -0.2) is 4.21 Å². The van der Waals surface area contributed by atoms with Crippen molar-refractivity contribution in [3.05, 3.63) is 0 Å². The predicted octanol–water partition coefficient (Wildman–Crippen LogP) is 1.41. The smallest absolute Gasteiger partial charge is 0.414 e. The zero-order valence-corrected chi connectivity index (χ0v) is 13.6. The van der Waals surface area contributed by atoms with Crippen LogP contribution in [0, 0.1) is 4.78 Å². The Morgan fingerprint density at radius 2 is 1.73 bits per heavy atom. The molecule has 0 fully saturated rings. The molecule has 0 bridgehead atoms. The quantitative estimate of drug-likeness (QED) is 0.602. The highest BCUT2D eigenvalue weighted by Crippen LogP contribution is 2.22. The summed E-state index contributed by atoms with van der Waals surface area (Å²) >= 11 is 0. The summed E-state index contributed by atoms with van der Waals surface area (Å²) in [5.74, 6) is -1.68. The molecule has 0 heterocycles. The Balaban J connectivity index is 4.36. The molecule has 0 saturated heterocycles. The highest BCUT2D eigenvalue weighted by Gasteiger charge is 2.38. The fourth-order valence-electron chi connectivity index (χ4n) is 1.38. The number of nitrogens with one attached hydrogen (secondary N) is 1. The monoisotopic (exact) mass is 348 g/mol. The van der Waals surface area contributed by atoms with Crippen LogP contribution in [0.5, 0.6) is 0 Å². The maximum Gasteiger partial charge on any atom is 0.414 e. The molecule has 0 aromatic heterocycles. The van der Waals surface area contributed by atoms with Gasteiger partial charge in [-0.15, -0.1) is 0 Å². The molecule has 0 aliphatic rings. The van der Waals surface area contributed by atoms with Gasteiger partial charge in [-0.3, -0.25) is 9.57 Å². The Morgan fingerprint density at radius 1 is 1.27 bits per heavy atom. The molecule has 0 spiro atoms. The van der Waals surface area contributed by atoms with Crippen molar-refractivity contribution in [3.8, 4) is 0 Å². The SMILES string of the molecule is CC(C)(C)OC(=O)[C@@H](N)CCS(=N)(=O)CC[C@H](O)C(F)(F)F. The summed E-state index contributed by atoms with van der Waals surface area (Å²) in [6.45, 7) is 4.93. The molecule has 0 aliphatic heterocycles. The van der Waals surface area contributed by atoms with Crippen molar-refractivity contribution in [1.82, 2.24) is 0 Å². The first-order valence-electron chi connectivity index (χ1n) is 6.61. The van der Waals surface area contributed by atoms with Gasteiger partial charge >= 0.3 is 12.1 Å². The second-order valence-corrected chi connectivity index (χ2v) is 8.43. The van der Waals surface area contributed by atoms with Crippen molar-refractivity contribution in [2.24, 2.45) is 5.73 Å². The third-order valence-corrected chi connectivity index (χ3v) is 4.36. The van der Waals surface area contributed by atoms with Gasteiger partial charge in [-0.2, -0.15) is 13.2 Å². The highest BCUT2D eigenvalue weighted by atomic mass is 32.2. The van der Waals surface area contributed by atoms with Gasteiger partial charge in [0.2, 0.25) is 0 Å². The lowest BCUT2D eigenvalue weighted by Crippen LogP contribution is -2.38. The van der Waals surface area contributed by atoms with E-state index in [1.54, 1.807) is 20.8 Å². The minimum absolute atomic E-state index is 0.140. The second kappa shape index (κ2) is 7.60. The summed E-state index contributed by atoms with van der Waals surface area (Å²) in [6.07, 6.45) is -8.38. The fraction of sp³-hybridized carbons (Fsp3) is 0.917. The van der Waals surface area contributed by atoms with Crippen molar-refractivity contribution in [2.45, 2.75) is 57.5 Å². The van der Waals surface area contributed by atoms with Crippen LogP contribution in [0.25, 0.3) is 0 Å². The normalized spacial score (nSPS) is 18.4. The third kappa shape index (κ3) is 9.21. The first-order valence-corrected chi connectivity index (χ1v) is 8.51. The molecule has 0 radical (unpaired) electrons. The van der Waals surface area contributed by atoms with E-state index in [1.165, 1.54) is 0 Å². The van der Waals surface area contributed by atoms with E-state index in [0.717, 1.165) is 0 Å². The van der Waals surface area contributed by atoms with Crippen molar-refractivity contribution in [3.63, 3.8) is 0 Å². The number of carbonyl (C=O) groups excluding carboxylic acids is 1. The first kappa shape index (κ1) is 21.1. The maximum atomic E-state index is 12.1. The molecule has 6 nitrogen and oxygen atoms in total. The molecule has 0 rings (SSSR count). The summed E-state index contributed by atoms with van der Waals surface area (Å²) in [5.41, 5.74) is 4.80. The number of ether oxygens (including phenoxy) is 1. The molecule has 0 aromatic rings. The lowest BCUT2D eigenvalue weighted by Gasteiger charge is -2.22. The molecule has 22 heavy (non-hydrogen) atoms. The number of halogens is 3. The Kier molecular flexibility index (Phi) is 7.30. The van der Waals surface area contributed by atoms with Gasteiger partial charge in [0, 0.05) is 21.2 Å². The number of alkyl halides is 3. The Labute approximate surface area is 128 Å². The first-order chi connectivity index (χ1) is 9.64. The van der Waals surface area contributed by atoms with Gasteiger partial charge in [0.25, 0.3) is 0 Å². The molecule has 1 unspecified atom stereocenters. The Hall–Kier alpha value is -0.870. The summed E-state index contributed by atoms with van der Waals surface area (Å²) in [4.78, 5) is 11.6. The number of esters is 1. The summed E-state index contributed by atoms with van der Waals surface area (Å²) < 4.78 is 60.6. The average molecular weight is 348 g/mol. The number of nitrogens with two attached hydrogens (primary N) is 1. The molecular weight excluding hydrogens is 325 g/mol. The van der Waals surface area contributed by atoms with Crippen molar-refractivity contribution in [2.75, 3.05) is 11.5 Å². The van der Waals surface area contributed by atoms with E-state index in [9.17, 15) is 22.2 Å². The van der Waals surface area contributed by atoms with E-state index in [2.05, 4.69) is 0 Å². The van der Waals surface area contributed by atoms with Crippen LogP contribution in [0.2, 0.25) is 0 Å². The average Bonchev–Trinajstić information content (AvgIpc) is 2.29. The van der Waals surface area contributed by atoms with Crippen LogP contribution < -0.4 is 5.73 Å². The van der Waals surface area contributed by atoms with E-state index in [-0.39, 0.29) is 12.2 Å². The van der Waals surface area contributed by atoms with E-state index in [4.69, 9.17) is 20.4 Å². The number of hydrogen-bond donors (Lipinski definition) is 3. The van der Waals surface area contributed by atoms with Gasteiger partial charge in [-0.1, -0.05) is 0 Å². The zero-order chi connectivity index (χ0) is 17.8. The Bertz CT molecular complexity index is 472. The second-order valence-electron chi connectivity index (χ2n) is 5.99. The van der Waals surface area contributed by atoms with Gasteiger partial charge in [0.1, 0.15) is 11.6 Å². The maximum absolute atomic E-state index is 12.1. The van der Waals surface area contributed by atoms with Crippen molar-refractivity contribution < 1.29 is 32.0 Å². The van der Waals surface area contributed by atoms with Crippen LogP contribution in [-0.2, 0) is 19.3 Å². The number of hydrogen-bond acceptors (Lipinski definition) is 6. The van der Waals surface area contributed by atoms with Gasteiger partial charge in [0.05, 0.1) is 0 Å². The Morgan fingerprint density at radius 3 is 2.14 bits per heavy atom. The van der Waals surface area contributed by atoms with Gasteiger partial charge in [-0.05, 0) is 33.6 Å². The third-order valence-electron chi connectivity index (χ3n) is 2.57. The van der Waals surface area contributed by atoms with Crippen molar-refractivity contribution >= 4 is 15.7 Å². The lowest BCUT2D eigenvalue weighted by atomic mass is 10.2. The van der Waals surface area contributed by atoms with Gasteiger partial charge < -0.3 is 15.6 Å². The summed E-state index contributed by atoms with van der Waals surface area (Å²) in [6, 6.07) is -1.10. The van der Waals surface area contributed by atoms with Crippen LogP contribution in [0.1, 0.15) is 33.6 Å². The van der Waals surface area contributed by atoms with Crippen molar-refractivity contribution in [1.29, 1.82) is 4.78 Å². The molecule has 132 valence electrons. The minimum Gasteiger partial charge on any atom is -0.459 e. The molecule has 4 N–H and O–H groups in total. The summed E-state index contributed by atoms with van der Waals surface area (Å²) in [7, 11) is -3.36. The number of aliphatic hydroxyl groups excluding tert-OH is 1. The van der Waals surface area contributed by atoms with E-state index < -0.39 is 51.8 Å². The molecule has 0 amide bonds. The standard InChI is InChI=1S/C12H23F3N2O4S/c1-11(2,3)21-10(19)8(16)4-6-22(17,20)7-5-9(18)12(13,14)15/h8-9,17-18H,4-7,16H2,1-3H3/t8-,9-,22?/m0/s1. The molecule has 10 heteroatoms. The topological polar surface area (TPSA) is 113 Å². The predicted molar refractivity (Wildman–Crippen MR) is 75.7 cm³/mol. The number of carbonyl (C=O) groups is 1. The highest BCUT2D eigenvalue weighted by molar-refractivity contribution is 7.92. The van der Waals surface area contributed by atoms with Crippen LogP contribution in [0.3, 0.4) is 0 Å². The van der Waals surface area contributed by atoms with Crippen LogP contribution in [0.15, 0.2) is 0 Å². The van der Waals surface area contributed by atoms with Crippen LogP contribution >= 0.6 is 0 Å². The molecule has 0 saturated carbocycles. The van der Waals surface area contributed by atoms with Crippen LogP contribution in [-0.4, -0.2) is 50.7 Å². The molecule has 3 atom stereocenters. The fourth-order valence-corrected chi connectivity index (χ4v) is 2.82. The number of rotatable bonds is 7. The van der Waals surface area contributed by atoms with Gasteiger partial charge in [0.15, 0.2) is 6.10 Å². The van der Waals surface area contributed by atoms with E-state index in [0.29, 0.717) is 0 Å². The summed E-state index contributed by atoms with van der Waals surface area (Å²) in [5, 5.41) is 8.81. The zero-order valence-electron chi connectivity index (χ0n) is 12.8.